The lowest BCUT2D eigenvalue weighted by atomic mass is 10.2. The summed E-state index contributed by atoms with van der Waals surface area (Å²) in [5, 5.41) is 15.6. The normalized spacial score (nSPS) is 10.9. The lowest BCUT2D eigenvalue weighted by Crippen LogP contribution is -2.26. The molecule has 0 aliphatic heterocycles. The van der Waals surface area contributed by atoms with Gasteiger partial charge >= 0.3 is 6.09 Å². The van der Waals surface area contributed by atoms with Crippen LogP contribution in [-0.2, 0) is 6.54 Å². The van der Waals surface area contributed by atoms with Gasteiger partial charge in [-0.05, 0) is 34.2 Å². The van der Waals surface area contributed by atoms with Crippen LogP contribution in [0.3, 0.4) is 0 Å². The number of carbonyl (C=O) groups excluding carboxylic acids is 1. The lowest BCUT2D eigenvalue weighted by molar-refractivity contribution is 0.200. The summed E-state index contributed by atoms with van der Waals surface area (Å²) in [6, 6.07) is 16.6. The van der Waals surface area contributed by atoms with E-state index in [9.17, 15) is 4.79 Å². The smallest absolute Gasteiger partial charge is 0.406 e. The minimum absolute atomic E-state index is 0.269. The van der Waals surface area contributed by atoms with Crippen LogP contribution in [0.1, 0.15) is 5.56 Å². The van der Waals surface area contributed by atoms with Crippen LogP contribution >= 0.6 is 11.6 Å². The third-order valence-corrected chi connectivity index (χ3v) is 3.91. The molecule has 124 valence electrons. The number of pyridine rings is 1. The maximum absolute atomic E-state index is 12.1. The highest BCUT2D eigenvalue weighted by atomic mass is 35.5. The van der Waals surface area contributed by atoms with Crippen LogP contribution < -0.4 is 10.1 Å². The number of aromatic nitrogens is 4. The molecule has 4 rings (SSSR count). The van der Waals surface area contributed by atoms with E-state index in [0.717, 1.165) is 16.5 Å². The number of hydrogen-bond donors (Lipinski definition) is 1. The Balaban J connectivity index is 1.61. The molecule has 0 atom stereocenters. The molecule has 0 fully saturated rings. The van der Waals surface area contributed by atoms with Crippen LogP contribution in [0, 0.1) is 0 Å². The van der Waals surface area contributed by atoms with Crippen molar-refractivity contribution in [3.05, 3.63) is 65.2 Å². The zero-order chi connectivity index (χ0) is 17.2. The molecule has 4 aromatic rings. The van der Waals surface area contributed by atoms with Crippen LogP contribution in [0.2, 0.25) is 5.02 Å². The van der Waals surface area contributed by atoms with Gasteiger partial charge in [0.05, 0.1) is 5.52 Å². The molecule has 0 radical (unpaired) electrons. The Morgan fingerprint density at radius 2 is 2.00 bits per heavy atom. The minimum atomic E-state index is -0.581. The molecular weight excluding hydrogens is 342 g/mol. The second-order valence-electron chi connectivity index (χ2n) is 5.35. The first-order valence-corrected chi connectivity index (χ1v) is 7.88. The van der Waals surface area contributed by atoms with Crippen molar-refractivity contribution in [1.29, 1.82) is 0 Å². The van der Waals surface area contributed by atoms with Crippen molar-refractivity contribution in [3.63, 3.8) is 0 Å². The quantitative estimate of drug-likeness (QED) is 0.611. The third kappa shape index (κ3) is 3.09. The molecule has 1 amide bonds. The van der Waals surface area contributed by atoms with Gasteiger partial charge in [0.1, 0.15) is 0 Å². The number of fused-ring (bicyclic) bond motifs is 3. The van der Waals surface area contributed by atoms with E-state index in [1.54, 1.807) is 18.2 Å². The first kappa shape index (κ1) is 15.3. The van der Waals surface area contributed by atoms with Gasteiger partial charge in [-0.2, -0.15) is 4.52 Å². The SMILES string of the molecule is O=C(NCc1ccccc1)Oc1cc2ccc(Cl)cc2n2nnnc12. The summed E-state index contributed by atoms with van der Waals surface area (Å²) in [6.07, 6.45) is -0.581. The van der Waals surface area contributed by atoms with E-state index in [1.165, 1.54) is 4.52 Å². The highest BCUT2D eigenvalue weighted by Gasteiger charge is 2.14. The van der Waals surface area contributed by atoms with Gasteiger partial charge in [0.15, 0.2) is 5.75 Å². The van der Waals surface area contributed by atoms with E-state index < -0.39 is 6.09 Å². The number of ether oxygens (including phenoxy) is 1. The van der Waals surface area contributed by atoms with E-state index in [0.29, 0.717) is 17.2 Å². The number of nitrogens with zero attached hydrogens (tertiary/aromatic N) is 4. The summed E-state index contributed by atoms with van der Waals surface area (Å²) in [5.41, 5.74) is 2.04. The van der Waals surface area contributed by atoms with Crippen molar-refractivity contribution in [2.24, 2.45) is 0 Å². The molecule has 0 aliphatic rings. The summed E-state index contributed by atoms with van der Waals surface area (Å²) in [7, 11) is 0. The summed E-state index contributed by atoms with van der Waals surface area (Å²) >= 11 is 6.03. The Hall–Kier alpha value is -3.19. The van der Waals surface area contributed by atoms with E-state index in [2.05, 4.69) is 20.8 Å². The molecule has 7 nitrogen and oxygen atoms in total. The van der Waals surface area contributed by atoms with Crippen LogP contribution in [0.4, 0.5) is 4.79 Å². The first-order valence-electron chi connectivity index (χ1n) is 7.51. The minimum Gasteiger partial charge on any atom is -0.406 e. The van der Waals surface area contributed by atoms with Crippen molar-refractivity contribution in [2.45, 2.75) is 6.54 Å². The van der Waals surface area contributed by atoms with Crippen LogP contribution in [0.5, 0.6) is 5.75 Å². The molecular formula is C17H12ClN5O2. The standard InChI is InChI=1S/C17H12ClN5O2/c18-13-7-6-12-8-15(16-20-21-22-23(16)14(12)9-13)25-17(24)19-10-11-4-2-1-3-5-11/h1-9H,10H2,(H,19,24). The van der Waals surface area contributed by atoms with Gasteiger partial charge in [-0.3, -0.25) is 0 Å². The predicted octanol–water partition coefficient (Wildman–Crippen LogP) is 3.22. The van der Waals surface area contributed by atoms with Crippen molar-refractivity contribution in [3.8, 4) is 5.75 Å². The number of tetrazole rings is 1. The maximum atomic E-state index is 12.1. The predicted molar refractivity (Wildman–Crippen MR) is 92.6 cm³/mol. The highest BCUT2D eigenvalue weighted by molar-refractivity contribution is 6.31. The second kappa shape index (κ2) is 6.37. The van der Waals surface area contributed by atoms with Crippen molar-refractivity contribution in [2.75, 3.05) is 0 Å². The molecule has 8 heteroatoms. The van der Waals surface area contributed by atoms with E-state index in [4.69, 9.17) is 16.3 Å². The molecule has 0 saturated heterocycles. The number of carbonyl (C=O) groups is 1. The van der Waals surface area contributed by atoms with Gasteiger partial charge in [0, 0.05) is 17.0 Å². The summed E-state index contributed by atoms with van der Waals surface area (Å²) in [6.45, 7) is 0.365. The summed E-state index contributed by atoms with van der Waals surface area (Å²) in [4.78, 5) is 12.1. The number of rotatable bonds is 3. The molecule has 0 bridgehead atoms. The Morgan fingerprint density at radius 3 is 2.84 bits per heavy atom. The van der Waals surface area contributed by atoms with Gasteiger partial charge in [0.2, 0.25) is 5.65 Å². The average molecular weight is 354 g/mol. The molecule has 1 N–H and O–H groups in total. The molecule has 0 spiro atoms. The third-order valence-electron chi connectivity index (χ3n) is 3.68. The van der Waals surface area contributed by atoms with E-state index in [1.807, 2.05) is 36.4 Å². The largest absolute Gasteiger partial charge is 0.413 e. The topological polar surface area (TPSA) is 81.4 Å². The lowest BCUT2D eigenvalue weighted by Gasteiger charge is -2.09. The average Bonchev–Trinajstić information content (AvgIpc) is 3.12. The van der Waals surface area contributed by atoms with Crippen molar-refractivity contribution < 1.29 is 9.53 Å². The molecule has 0 unspecified atom stereocenters. The van der Waals surface area contributed by atoms with E-state index >= 15 is 0 Å². The fourth-order valence-corrected chi connectivity index (χ4v) is 2.68. The zero-order valence-corrected chi connectivity index (χ0v) is 13.6. The van der Waals surface area contributed by atoms with Crippen LogP contribution in [-0.4, -0.2) is 26.1 Å². The summed E-state index contributed by atoms with van der Waals surface area (Å²) < 4.78 is 6.89. The van der Waals surface area contributed by atoms with Gasteiger partial charge in [-0.1, -0.05) is 48.0 Å². The van der Waals surface area contributed by atoms with Gasteiger partial charge in [-0.15, -0.1) is 5.10 Å². The summed E-state index contributed by atoms with van der Waals surface area (Å²) in [5.74, 6) is 0.269. The molecule has 2 aromatic carbocycles. The Kier molecular flexibility index (Phi) is 3.91. The van der Waals surface area contributed by atoms with Gasteiger partial charge in [0.25, 0.3) is 0 Å². The van der Waals surface area contributed by atoms with E-state index in [-0.39, 0.29) is 5.75 Å². The molecule has 2 aromatic heterocycles. The van der Waals surface area contributed by atoms with Crippen LogP contribution in [0.15, 0.2) is 54.6 Å². The number of halogens is 1. The number of amides is 1. The zero-order valence-electron chi connectivity index (χ0n) is 12.9. The highest BCUT2D eigenvalue weighted by Crippen LogP contribution is 2.26. The maximum Gasteiger partial charge on any atom is 0.413 e. The van der Waals surface area contributed by atoms with Crippen LogP contribution in [0.25, 0.3) is 16.6 Å². The van der Waals surface area contributed by atoms with Crippen molar-refractivity contribution in [1.82, 2.24) is 25.4 Å². The Bertz CT molecular complexity index is 1060. The molecule has 2 heterocycles. The number of nitrogens with one attached hydrogen (secondary N) is 1. The Labute approximate surface area is 147 Å². The van der Waals surface area contributed by atoms with Gasteiger partial charge in [-0.25, -0.2) is 4.79 Å². The molecule has 0 saturated carbocycles. The molecule has 0 aliphatic carbocycles. The fraction of sp³-hybridized carbons (Fsp3) is 0.0588. The monoisotopic (exact) mass is 353 g/mol. The fourth-order valence-electron chi connectivity index (χ4n) is 2.51. The molecule has 25 heavy (non-hydrogen) atoms. The van der Waals surface area contributed by atoms with Gasteiger partial charge < -0.3 is 10.1 Å². The number of benzene rings is 2. The number of hydrogen-bond acceptors (Lipinski definition) is 5. The second-order valence-corrected chi connectivity index (χ2v) is 5.79. The van der Waals surface area contributed by atoms with Crippen molar-refractivity contribution >= 4 is 34.2 Å². The first-order chi connectivity index (χ1) is 12.2. The Morgan fingerprint density at radius 1 is 1.16 bits per heavy atom.